The van der Waals surface area contributed by atoms with Gasteiger partial charge in [-0.3, -0.25) is 4.79 Å². The molecule has 2 aliphatic rings. The van der Waals surface area contributed by atoms with Gasteiger partial charge >= 0.3 is 0 Å². The standard InChI is InChI=1S/C16H19N3O/c1-11-2-4-14-5-3-13(9-19(11)14)16(20)17-15-10-18-7-6-12(15)8-18/h2-5,9,12,15H,6-8,10H2,1H3,(H,17,20). The second-order valence-corrected chi connectivity index (χ2v) is 6.08. The molecule has 0 saturated carbocycles. The molecule has 2 aromatic rings. The highest BCUT2D eigenvalue weighted by molar-refractivity contribution is 5.94. The topological polar surface area (TPSA) is 36.8 Å². The molecule has 2 aliphatic heterocycles. The van der Waals surface area contributed by atoms with Crippen molar-refractivity contribution in [3.8, 4) is 0 Å². The van der Waals surface area contributed by atoms with E-state index in [9.17, 15) is 4.79 Å². The van der Waals surface area contributed by atoms with Crippen molar-refractivity contribution in [1.29, 1.82) is 0 Å². The lowest BCUT2D eigenvalue weighted by Crippen LogP contribution is -2.43. The first kappa shape index (κ1) is 12.0. The van der Waals surface area contributed by atoms with Gasteiger partial charge < -0.3 is 14.6 Å². The molecule has 20 heavy (non-hydrogen) atoms. The van der Waals surface area contributed by atoms with Gasteiger partial charge in [-0.05, 0) is 50.1 Å². The van der Waals surface area contributed by atoms with Crippen LogP contribution in [0.25, 0.3) is 5.52 Å². The number of nitrogens with one attached hydrogen (secondary N) is 1. The Balaban J connectivity index is 1.56. The van der Waals surface area contributed by atoms with E-state index in [1.165, 1.54) is 13.0 Å². The van der Waals surface area contributed by atoms with Crippen LogP contribution >= 0.6 is 0 Å². The molecule has 0 spiro atoms. The first-order valence-corrected chi connectivity index (χ1v) is 7.32. The van der Waals surface area contributed by atoms with Gasteiger partial charge in [-0.25, -0.2) is 0 Å². The highest BCUT2D eigenvalue weighted by Gasteiger charge is 2.38. The summed E-state index contributed by atoms with van der Waals surface area (Å²) in [7, 11) is 0. The zero-order valence-electron chi connectivity index (χ0n) is 11.7. The van der Waals surface area contributed by atoms with Crippen molar-refractivity contribution >= 4 is 11.4 Å². The van der Waals surface area contributed by atoms with Crippen LogP contribution in [0.1, 0.15) is 22.5 Å². The second-order valence-electron chi connectivity index (χ2n) is 6.08. The van der Waals surface area contributed by atoms with Crippen molar-refractivity contribution in [3.05, 3.63) is 41.7 Å². The van der Waals surface area contributed by atoms with E-state index in [-0.39, 0.29) is 5.91 Å². The molecule has 2 bridgehead atoms. The predicted molar refractivity (Wildman–Crippen MR) is 77.9 cm³/mol. The van der Waals surface area contributed by atoms with Crippen LogP contribution in [0.15, 0.2) is 30.5 Å². The number of aromatic nitrogens is 1. The molecule has 3 unspecified atom stereocenters. The molecule has 2 aromatic heterocycles. The van der Waals surface area contributed by atoms with E-state index in [0.717, 1.165) is 29.9 Å². The van der Waals surface area contributed by atoms with Gasteiger partial charge in [-0.2, -0.15) is 0 Å². The van der Waals surface area contributed by atoms with E-state index in [4.69, 9.17) is 0 Å². The Morgan fingerprint density at radius 2 is 2.10 bits per heavy atom. The highest BCUT2D eigenvalue weighted by Crippen LogP contribution is 2.27. The van der Waals surface area contributed by atoms with Crippen LogP contribution in [0.3, 0.4) is 0 Å². The third-order valence-corrected chi connectivity index (χ3v) is 4.77. The normalized spacial score (nSPS) is 28.1. The lowest BCUT2D eigenvalue weighted by molar-refractivity contribution is 0.0924. The van der Waals surface area contributed by atoms with Gasteiger partial charge in [0.2, 0.25) is 0 Å². The third-order valence-electron chi connectivity index (χ3n) is 4.77. The molecule has 3 atom stereocenters. The van der Waals surface area contributed by atoms with Gasteiger partial charge in [-0.15, -0.1) is 0 Å². The summed E-state index contributed by atoms with van der Waals surface area (Å²) >= 11 is 0. The van der Waals surface area contributed by atoms with E-state index >= 15 is 0 Å². The molecule has 1 N–H and O–H groups in total. The number of nitrogens with zero attached hydrogens (tertiary/aromatic N) is 2. The van der Waals surface area contributed by atoms with E-state index in [2.05, 4.69) is 33.7 Å². The Hall–Kier alpha value is -1.81. The fraction of sp³-hybridized carbons (Fsp3) is 0.438. The van der Waals surface area contributed by atoms with E-state index in [1.807, 2.05) is 18.3 Å². The molecule has 4 heterocycles. The molecular formula is C16H19N3O. The summed E-state index contributed by atoms with van der Waals surface area (Å²) in [4.78, 5) is 14.9. The SMILES string of the molecule is Cc1ccc2ccc(C(=O)NC3CN4CCC3C4)cn12. The third kappa shape index (κ3) is 1.83. The van der Waals surface area contributed by atoms with Gasteiger partial charge in [0.25, 0.3) is 5.91 Å². The molecule has 0 aliphatic carbocycles. The summed E-state index contributed by atoms with van der Waals surface area (Å²) in [6, 6.07) is 8.39. The van der Waals surface area contributed by atoms with Gasteiger partial charge in [-0.1, -0.05) is 0 Å². The highest BCUT2D eigenvalue weighted by atomic mass is 16.1. The molecule has 104 valence electrons. The van der Waals surface area contributed by atoms with Gasteiger partial charge in [0.05, 0.1) is 5.56 Å². The molecule has 1 amide bonds. The minimum absolute atomic E-state index is 0.0544. The predicted octanol–water partition coefficient (Wildman–Crippen LogP) is 1.68. The number of carbonyl (C=O) groups is 1. The monoisotopic (exact) mass is 269 g/mol. The number of carbonyl (C=O) groups excluding carboxylic acids is 1. The fourth-order valence-electron chi connectivity index (χ4n) is 3.57. The second kappa shape index (κ2) is 4.35. The summed E-state index contributed by atoms with van der Waals surface area (Å²) in [5.41, 5.74) is 3.03. The number of hydrogen-bond donors (Lipinski definition) is 1. The molecule has 0 radical (unpaired) electrons. The van der Waals surface area contributed by atoms with Crippen molar-refractivity contribution < 1.29 is 4.79 Å². The van der Waals surface area contributed by atoms with Crippen molar-refractivity contribution in [2.24, 2.45) is 5.92 Å². The Kier molecular flexibility index (Phi) is 2.60. The average molecular weight is 269 g/mol. The number of aryl methyl sites for hydroxylation is 1. The Morgan fingerprint density at radius 1 is 1.25 bits per heavy atom. The molecule has 0 aromatic carbocycles. The van der Waals surface area contributed by atoms with Crippen molar-refractivity contribution in [2.45, 2.75) is 19.4 Å². The lowest BCUT2D eigenvalue weighted by atomic mass is 10.00. The zero-order valence-corrected chi connectivity index (χ0v) is 11.7. The zero-order chi connectivity index (χ0) is 13.7. The maximum Gasteiger partial charge on any atom is 0.253 e. The number of amides is 1. The Labute approximate surface area is 118 Å². The fourth-order valence-corrected chi connectivity index (χ4v) is 3.57. The van der Waals surface area contributed by atoms with Crippen LogP contribution in [0.2, 0.25) is 0 Å². The van der Waals surface area contributed by atoms with E-state index in [0.29, 0.717) is 12.0 Å². The number of fused-ring (bicyclic) bond motifs is 3. The number of hydrogen-bond acceptors (Lipinski definition) is 2. The van der Waals surface area contributed by atoms with Crippen LogP contribution in [0.5, 0.6) is 0 Å². The summed E-state index contributed by atoms with van der Waals surface area (Å²) in [5, 5.41) is 3.21. The minimum Gasteiger partial charge on any atom is -0.348 e. The Morgan fingerprint density at radius 3 is 2.85 bits per heavy atom. The van der Waals surface area contributed by atoms with Crippen molar-refractivity contribution in [1.82, 2.24) is 14.6 Å². The van der Waals surface area contributed by atoms with Gasteiger partial charge in [0.15, 0.2) is 0 Å². The maximum atomic E-state index is 12.4. The van der Waals surface area contributed by atoms with Gasteiger partial charge in [0.1, 0.15) is 0 Å². The quantitative estimate of drug-likeness (QED) is 0.900. The van der Waals surface area contributed by atoms with Crippen molar-refractivity contribution in [2.75, 3.05) is 19.6 Å². The summed E-state index contributed by atoms with van der Waals surface area (Å²) in [5.74, 6) is 0.703. The maximum absolute atomic E-state index is 12.4. The molecule has 2 saturated heterocycles. The average Bonchev–Trinajstić information content (AvgIpc) is 3.15. The van der Waals surface area contributed by atoms with Crippen molar-refractivity contribution in [3.63, 3.8) is 0 Å². The van der Waals surface area contributed by atoms with Crippen LogP contribution in [-0.2, 0) is 0 Å². The summed E-state index contributed by atoms with van der Waals surface area (Å²) < 4.78 is 2.07. The first-order chi connectivity index (χ1) is 9.70. The lowest BCUT2D eigenvalue weighted by Gasteiger charge is -2.23. The van der Waals surface area contributed by atoms with Crippen LogP contribution < -0.4 is 5.32 Å². The number of piperidine rings is 1. The largest absolute Gasteiger partial charge is 0.348 e. The van der Waals surface area contributed by atoms with Gasteiger partial charge in [0, 0.05) is 36.5 Å². The van der Waals surface area contributed by atoms with Crippen LogP contribution in [0, 0.1) is 12.8 Å². The smallest absolute Gasteiger partial charge is 0.253 e. The summed E-state index contributed by atoms with van der Waals surface area (Å²) in [6.07, 6.45) is 3.16. The molecular weight excluding hydrogens is 250 g/mol. The minimum atomic E-state index is 0.0544. The van der Waals surface area contributed by atoms with E-state index < -0.39 is 0 Å². The number of rotatable bonds is 2. The van der Waals surface area contributed by atoms with E-state index in [1.54, 1.807) is 0 Å². The molecule has 4 rings (SSSR count). The van der Waals surface area contributed by atoms with Crippen LogP contribution in [-0.4, -0.2) is 40.9 Å². The summed E-state index contributed by atoms with van der Waals surface area (Å²) in [6.45, 7) is 5.42. The first-order valence-electron chi connectivity index (χ1n) is 7.32. The number of pyridine rings is 1. The van der Waals surface area contributed by atoms with Crippen LogP contribution in [0.4, 0.5) is 0 Å². The molecule has 4 nitrogen and oxygen atoms in total. The molecule has 2 fully saturated rings. The Bertz CT molecular complexity index is 675. The molecule has 4 heteroatoms.